The quantitative estimate of drug-likeness (QED) is 0.456. The van der Waals surface area contributed by atoms with Crippen LogP contribution in [-0.4, -0.2) is 39.4 Å². The number of rotatable bonds is 3. The van der Waals surface area contributed by atoms with E-state index in [9.17, 15) is 9.59 Å². The molecular formula is C14H16IN5O3. The number of esters is 1. The maximum Gasteiger partial charge on any atom is 0.308 e. The molecule has 0 amide bonds. The molecule has 9 heteroatoms. The lowest BCUT2D eigenvalue weighted by Gasteiger charge is -2.25. The number of imidazole rings is 1. The van der Waals surface area contributed by atoms with Gasteiger partial charge in [-0.05, 0) is 55.0 Å². The molecule has 1 N–H and O–H groups in total. The van der Waals surface area contributed by atoms with E-state index in [0.717, 1.165) is 31.5 Å². The third kappa shape index (κ3) is 2.89. The zero-order valence-electron chi connectivity index (χ0n) is 12.6. The van der Waals surface area contributed by atoms with Crippen molar-refractivity contribution in [2.75, 3.05) is 7.11 Å². The first-order valence-electron chi connectivity index (χ1n) is 7.28. The molecule has 0 aromatic carbocycles. The monoisotopic (exact) mass is 429 g/mol. The van der Waals surface area contributed by atoms with Crippen LogP contribution in [0.3, 0.4) is 0 Å². The number of hydrogen-bond acceptors (Lipinski definition) is 6. The molecule has 1 aliphatic rings. The normalized spacial score (nSPS) is 21.3. The molecule has 1 fully saturated rings. The predicted molar refractivity (Wildman–Crippen MR) is 92.2 cm³/mol. The van der Waals surface area contributed by atoms with Gasteiger partial charge in [-0.1, -0.05) is 0 Å². The summed E-state index contributed by atoms with van der Waals surface area (Å²) in [7, 11) is 1.42. The highest BCUT2D eigenvalue weighted by Crippen LogP contribution is 2.36. The molecule has 0 atom stereocenters. The average Bonchev–Trinajstić information content (AvgIpc) is 2.91. The molecule has 0 bridgehead atoms. The van der Waals surface area contributed by atoms with E-state index < -0.39 is 0 Å². The number of carbonyl (C=O) groups is 1. The Morgan fingerprint density at radius 3 is 2.74 bits per heavy atom. The van der Waals surface area contributed by atoms with Gasteiger partial charge in [-0.2, -0.15) is 0 Å². The fraction of sp³-hybridized carbons (Fsp3) is 0.500. The second-order valence-corrected chi connectivity index (χ2v) is 6.55. The zero-order chi connectivity index (χ0) is 16.6. The molecule has 0 saturated heterocycles. The van der Waals surface area contributed by atoms with Crippen LogP contribution in [-0.2, 0) is 9.53 Å². The van der Waals surface area contributed by atoms with E-state index in [1.807, 2.05) is 22.6 Å². The SMILES string of the molecule is C=Nc1nn2c(c(I)nc2[C@H]2CC[C@H](C(=O)OC)CC2)c(=O)[nH]1. The molecule has 0 radical (unpaired) electrons. The molecule has 8 nitrogen and oxygen atoms in total. The minimum atomic E-state index is -0.284. The third-order valence-electron chi connectivity index (χ3n) is 4.25. The minimum absolute atomic E-state index is 0.0525. The Labute approximate surface area is 145 Å². The molecule has 23 heavy (non-hydrogen) atoms. The molecule has 0 aliphatic heterocycles. The molecule has 1 aliphatic carbocycles. The summed E-state index contributed by atoms with van der Waals surface area (Å²) in [6, 6.07) is 0. The Kier molecular flexibility index (Phi) is 4.46. The number of ether oxygens (including phenoxy) is 1. The van der Waals surface area contributed by atoms with E-state index in [-0.39, 0.29) is 29.3 Å². The van der Waals surface area contributed by atoms with Gasteiger partial charge in [0.15, 0.2) is 5.52 Å². The number of nitrogens with one attached hydrogen (secondary N) is 1. The van der Waals surface area contributed by atoms with Gasteiger partial charge in [-0.3, -0.25) is 14.6 Å². The Hall–Kier alpha value is -1.78. The van der Waals surface area contributed by atoms with Crippen LogP contribution in [0.25, 0.3) is 5.52 Å². The maximum absolute atomic E-state index is 12.1. The summed E-state index contributed by atoms with van der Waals surface area (Å²) < 4.78 is 6.98. The topological polar surface area (TPSA) is 102 Å². The molecule has 0 unspecified atom stereocenters. The van der Waals surface area contributed by atoms with Crippen molar-refractivity contribution in [3.8, 4) is 0 Å². The number of aromatic amines is 1. The molecule has 0 spiro atoms. The van der Waals surface area contributed by atoms with E-state index in [1.165, 1.54) is 7.11 Å². The second-order valence-electron chi connectivity index (χ2n) is 5.53. The van der Waals surface area contributed by atoms with Crippen molar-refractivity contribution < 1.29 is 9.53 Å². The molecule has 2 aromatic heterocycles. The summed E-state index contributed by atoms with van der Waals surface area (Å²) >= 11 is 2.03. The fourth-order valence-corrected chi connectivity index (χ4v) is 3.78. The van der Waals surface area contributed by atoms with Crippen molar-refractivity contribution in [3.63, 3.8) is 0 Å². The Balaban J connectivity index is 1.95. The summed E-state index contributed by atoms with van der Waals surface area (Å²) in [6.45, 7) is 3.40. The Morgan fingerprint density at radius 1 is 1.43 bits per heavy atom. The van der Waals surface area contributed by atoms with Crippen LogP contribution < -0.4 is 5.56 Å². The number of halogens is 1. The maximum atomic E-state index is 12.1. The van der Waals surface area contributed by atoms with Gasteiger partial charge in [0.1, 0.15) is 9.53 Å². The predicted octanol–water partition coefficient (Wildman–Crippen LogP) is 1.80. The average molecular weight is 429 g/mol. The highest BCUT2D eigenvalue weighted by Gasteiger charge is 2.31. The summed E-state index contributed by atoms with van der Waals surface area (Å²) in [6.07, 6.45) is 3.11. The minimum Gasteiger partial charge on any atom is -0.469 e. The van der Waals surface area contributed by atoms with Crippen molar-refractivity contribution in [1.82, 2.24) is 19.6 Å². The highest BCUT2D eigenvalue weighted by molar-refractivity contribution is 14.1. The number of aliphatic imine (C=N–C) groups is 1. The number of aromatic nitrogens is 4. The van der Waals surface area contributed by atoms with Gasteiger partial charge in [-0.15, -0.1) is 5.10 Å². The lowest BCUT2D eigenvalue weighted by atomic mass is 9.81. The number of carbonyl (C=O) groups excluding carboxylic acids is 1. The third-order valence-corrected chi connectivity index (χ3v) is 5.00. The van der Waals surface area contributed by atoms with Crippen molar-refractivity contribution in [2.24, 2.45) is 10.9 Å². The first-order chi connectivity index (χ1) is 11.0. The standard InChI is InChI=1S/C14H16IN5O3/c1-16-14-18-12(21)9-10(15)17-11(20(9)19-14)7-3-5-8(6-4-7)13(22)23-2/h7-8H,1,3-6H2,2H3,(H,18,19,21)/t7-,8-. The van der Waals surface area contributed by atoms with E-state index in [0.29, 0.717) is 9.22 Å². The number of methoxy groups -OCH3 is 1. The summed E-state index contributed by atoms with van der Waals surface area (Å²) in [5.41, 5.74) is 0.136. The van der Waals surface area contributed by atoms with Gasteiger partial charge >= 0.3 is 5.97 Å². The molecule has 2 aromatic rings. The van der Waals surface area contributed by atoms with Crippen LogP contribution >= 0.6 is 22.6 Å². The fourth-order valence-electron chi connectivity index (χ4n) is 3.06. The lowest BCUT2D eigenvalue weighted by Crippen LogP contribution is -2.23. The highest BCUT2D eigenvalue weighted by atomic mass is 127. The van der Waals surface area contributed by atoms with Crippen molar-refractivity contribution in [1.29, 1.82) is 0 Å². The zero-order valence-corrected chi connectivity index (χ0v) is 14.7. The summed E-state index contributed by atoms with van der Waals surface area (Å²) in [4.78, 5) is 34.6. The molecule has 1 saturated carbocycles. The van der Waals surface area contributed by atoms with Crippen molar-refractivity contribution in [2.45, 2.75) is 31.6 Å². The molecule has 2 heterocycles. The second kappa shape index (κ2) is 6.38. The first kappa shape index (κ1) is 16.1. The van der Waals surface area contributed by atoms with Crippen LogP contribution in [0, 0.1) is 9.62 Å². The van der Waals surface area contributed by atoms with E-state index in [2.05, 4.69) is 26.8 Å². The van der Waals surface area contributed by atoms with E-state index >= 15 is 0 Å². The number of fused-ring (bicyclic) bond motifs is 1. The van der Waals surface area contributed by atoms with Gasteiger partial charge < -0.3 is 4.74 Å². The number of H-pyrrole nitrogens is 1. The van der Waals surface area contributed by atoms with Crippen LogP contribution in [0.5, 0.6) is 0 Å². The van der Waals surface area contributed by atoms with Crippen molar-refractivity contribution >= 4 is 46.7 Å². The molecule has 3 rings (SSSR count). The van der Waals surface area contributed by atoms with Gasteiger partial charge in [0, 0.05) is 5.92 Å². The van der Waals surface area contributed by atoms with Gasteiger partial charge in [0.2, 0.25) is 5.95 Å². The van der Waals surface area contributed by atoms with E-state index in [1.54, 1.807) is 4.52 Å². The lowest BCUT2D eigenvalue weighted by molar-refractivity contribution is -0.146. The van der Waals surface area contributed by atoms with Crippen LogP contribution in [0.15, 0.2) is 9.79 Å². The Bertz CT molecular complexity index is 820. The van der Waals surface area contributed by atoms with Gasteiger partial charge in [0.25, 0.3) is 5.56 Å². The largest absolute Gasteiger partial charge is 0.469 e. The van der Waals surface area contributed by atoms with Crippen LogP contribution in [0.4, 0.5) is 5.95 Å². The van der Waals surface area contributed by atoms with Gasteiger partial charge in [0.05, 0.1) is 13.0 Å². The molecule has 122 valence electrons. The van der Waals surface area contributed by atoms with Gasteiger partial charge in [-0.25, -0.2) is 14.5 Å². The number of nitrogens with zero attached hydrogens (tertiary/aromatic N) is 4. The Morgan fingerprint density at radius 2 is 2.13 bits per heavy atom. The van der Waals surface area contributed by atoms with Crippen LogP contribution in [0.2, 0.25) is 0 Å². The van der Waals surface area contributed by atoms with E-state index in [4.69, 9.17) is 4.74 Å². The first-order valence-corrected chi connectivity index (χ1v) is 8.36. The number of hydrogen-bond donors (Lipinski definition) is 1. The van der Waals surface area contributed by atoms with Crippen LogP contribution in [0.1, 0.15) is 37.4 Å². The summed E-state index contributed by atoms with van der Waals surface area (Å²) in [5, 5.41) is 4.29. The smallest absolute Gasteiger partial charge is 0.308 e. The molecular weight excluding hydrogens is 413 g/mol. The summed E-state index contributed by atoms with van der Waals surface area (Å²) in [5.74, 6) is 0.852. The van der Waals surface area contributed by atoms with Crippen molar-refractivity contribution in [3.05, 3.63) is 19.9 Å².